The summed E-state index contributed by atoms with van der Waals surface area (Å²) < 4.78 is 0. The SMILES string of the molecule is O=C(c1ccccc1Cl)N1CCc2nc(-c3ccccc3)[nH]c(=O)c2C1. The number of nitrogens with one attached hydrogen (secondary N) is 1. The van der Waals surface area contributed by atoms with E-state index in [-0.39, 0.29) is 18.0 Å². The summed E-state index contributed by atoms with van der Waals surface area (Å²) >= 11 is 6.13. The van der Waals surface area contributed by atoms with Crippen LogP contribution in [0.5, 0.6) is 0 Å². The van der Waals surface area contributed by atoms with Gasteiger partial charge in [0.25, 0.3) is 11.5 Å². The standard InChI is InChI=1S/C20H16ClN3O2/c21-16-9-5-4-8-14(16)20(26)24-11-10-17-15(12-24)19(25)23-18(22-17)13-6-2-1-3-7-13/h1-9H,10-12H2,(H,22,23,25). The number of H-pyrrole nitrogens is 1. The van der Waals surface area contributed by atoms with Crippen molar-refractivity contribution in [3.05, 3.63) is 86.8 Å². The summed E-state index contributed by atoms with van der Waals surface area (Å²) in [5.74, 6) is 0.382. The van der Waals surface area contributed by atoms with Gasteiger partial charge < -0.3 is 9.88 Å². The minimum absolute atomic E-state index is 0.173. The molecule has 1 aliphatic heterocycles. The fourth-order valence-corrected chi connectivity index (χ4v) is 3.35. The third kappa shape index (κ3) is 3.02. The Morgan fingerprint density at radius 2 is 1.81 bits per heavy atom. The van der Waals surface area contributed by atoms with Crippen molar-refractivity contribution in [1.29, 1.82) is 0 Å². The highest BCUT2D eigenvalue weighted by atomic mass is 35.5. The molecule has 130 valence electrons. The second-order valence-electron chi connectivity index (χ2n) is 6.16. The molecule has 2 aromatic carbocycles. The minimum atomic E-state index is -0.203. The first-order valence-corrected chi connectivity index (χ1v) is 8.72. The first-order valence-electron chi connectivity index (χ1n) is 8.35. The Bertz CT molecular complexity index is 1030. The van der Waals surface area contributed by atoms with Crippen molar-refractivity contribution in [1.82, 2.24) is 14.9 Å². The lowest BCUT2D eigenvalue weighted by Crippen LogP contribution is -2.39. The maximum atomic E-state index is 12.7. The fraction of sp³-hybridized carbons (Fsp3) is 0.150. The molecule has 5 nitrogen and oxygen atoms in total. The highest BCUT2D eigenvalue weighted by Crippen LogP contribution is 2.22. The van der Waals surface area contributed by atoms with Gasteiger partial charge in [0.1, 0.15) is 5.82 Å². The van der Waals surface area contributed by atoms with E-state index in [9.17, 15) is 9.59 Å². The molecule has 0 saturated carbocycles. The van der Waals surface area contributed by atoms with E-state index >= 15 is 0 Å². The van der Waals surface area contributed by atoms with E-state index in [2.05, 4.69) is 9.97 Å². The maximum Gasteiger partial charge on any atom is 0.256 e. The molecule has 0 saturated heterocycles. The molecule has 3 aromatic rings. The van der Waals surface area contributed by atoms with Gasteiger partial charge in [-0.25, -0.2) is 4.98 Å². The first kappa shape index (κ1) is 16.5. The van der Waals surface area contributed by atoms with E-state index in [0.717, 1.165) is 11.3 Å². The van der Waals surface area contributed by atoms with Gasteiger partial charge in [-0.2, -0.15) is 0 Å². The molecular weight excluding hydrogens is 350 g/mol. The minimum Gasteiger partial charge on any atom is -0.334 e. The lowest BCUT2D eigenvalue weighted by molar-refractivity contribution is 0.0733. The number of hydrogen-bond donors (Lipinski definition) is 1. The zero-order valence-electron chi connectivity index (χ0n) is 13.9. The number of amides is 1. The van der Waals surface area contributed by atoms with Crippen molar-refractivity contribution >= 4 is 17.5 Å². The summed E-state index contributed by atoms with van der Waals surface area (Å²) in [5.41, 5.74) is 2.39. The lowest BCUT2D eigenvalue weighted by Gasteiger charge is -2.28. The van der Waals surface area contributed by atoms with Crippen LogP contribution in [0.1, 0.15) is 21.6 Å². The average molecular weight is 366 g/mol. The maximum absolute atomic E-state index is 12.7. The van der Waals surface area contributed by atoms with Gasteiger partial charge in [-0.15, -0.1) is 0 Å². The van der Waals surface area contributed by atoms with Crippen LogP contribution >= 0.6 is 11.6 Å². The molecule has 6 heteroatoms. The Hall–Kier alpha value is -2.92. The van der Waals surface area contributed by atoms with Crippen LogP contribution in [0.25, 0.3) is 11.4 Å². The molecule has 4 rings (SSSR count). The molecule has 1 aromatic heterocycles. The zero-order chi connectivity index (χ0) is 18.1. The van der Waals surface area contributed by atoms with Crippen molar-refractivity contribution in [2.45, 2.75) is 13.0 Å². The van der Waals surface area contributed by atoms with Crippen LogP contribution in [0, 0.1) is 0 Å². The van der Waals surface area contributed by atoms with Crippen LogP contribution in [0.15, 0.2) is 59.4 Å². The first-order chi connectivity index (χ1) is 12.6. The van der Waals surface area contributed by atoms with Gasteiger partial charge in [-0.3, -0.25) is 9.59 Å². The predicted octanol–water partition coefficient (Wildman–Crippen LogP) is 3.29. The number of benzene rings is 2. The molecular formula is C20H16ClN3O2. The average Bonchev–Trinajstić information content (AvgIpc) is 2.68. The van der Waals surface area contributed by atoms with Crippen LogP contribution < -0.4 is 5.56 Å². The second-order valence-corrected chi connectivity index (χ2v) is 6.57. The number of halogens is 1. The number of aromatic amines is 1. The molecule has 0 radical (unpaired) electrons. The van der Waals surface area contributed by atoms with Crippen LogP contribution in [0.3, 0.4) is 0 Å². The Morgan fingerprint density at radius 3 is 2.58 bits per heavy atom. The smallest absolute Gasteiger partial charge is 0.256 e. The van der Waals surface area contributed by atoms with Crippen molar-refractivity contribution in [2.24, 2.45) is 0 Å². The molecule has 0 atom stereocenters. The summed E-state index contributed by atoms with van der Waals surface area (Å²) in [4.78, 5) is 34.4. The van der Waals surface area contributed by atoms with Gasteiger partial charge in [0.2, 0.25) is 0 Å². The second kappa shape index (κ2) is 6.77. The summed E-state index contributed by atoms with van der Waals surface area (Å²) in [6.07, 6.45) is 0.537. The van der Waals surface area contributed by atoms with E-state index in [1.165, 1.54) is 0 Å². The summed E-state index contributed by atoms with van der Waals surface area (Å²) in [7, 11) is 0. The quantitative estimate of drug-likeness (QED) is 0.757. The van der Waals surface area contributed by atoms with Gasteiger partial charge in [0, 0.05) is 18.5 Å². The summed E-state index contributed by atoms with van der Waals surface area (Å²) in [6.45, 7) is 0.735. The van der Waals surface area contributed by atoms with Gasteiger partial charge in [0.15, 0.2) is 0 Å². The van der Waals surface area contributed by atoms with Gasteiger partial charge in [-0.1, -0.05) is 54.1 Å². The highest BCUT2D eigenvalue weighted by molar-refractivity contribution is 6.33. The highest BCUT2D eigenvalue weighted by Gasteiger charge is 2.26. The number of rotatable bonds is 2. The van der Waals surface area contributed by atoms with Crippen LogP contribution in [0.4, 0.5) is 0 Å². The third-order valence-corrected chi connectivity index (χ3v) is 4.84. The Labute approximate surface area is 155 Å². The van der Waals surface area contributed by atoms with Crippen LogP contribution in [-0.2, 0) is 13.0 Å². The van der Waals surface area contributed by atoms with Crippen LogP contribution in [0.2, 0.25) is 5.02 Å². The van der Waals surface area contributed by atoms with Crippen molar-refractivity contribution < 1.29 is 4.79 Å². The monoisotopic (exact) mass is 365 g/mol. The van der Waals surface area contributed by atoms with Crippen molar-refractivity contribution in [2.75, 3.05) is 6.54 Å². The molecule has 0 unspecified atom stereocenters. The van der Waals surface area contributed by atoms with E-state index in [1.54, 1.807) is 29.2 Å². The lowest BCUT2D eigenvalue weighted by atomic mass is 10.0. The van der Waals surface area contributed by atoms with Gasteiger partial charge in [0.05, 0.1) is 28.4 Å². The third-order valence-electron chi connectivity index (χ3n) is 4.51. The van der Waals surface area contributed by atoms with Gasteiger partial charge in [-0.05, 0) is 12.1 Å². The largest absolute Gasteiger partial charge is 0.334 e. The van der Waals surface area contributed by atoms with Gasteiger partial charge >= 0.3 is 0 Å². The van der Waals surface area contributed by atoms with E-state index in [4.69, 9.17) is 11.6 Å². The van der Waals surface area contributed by atoms with E-state index in [1.807, 2.05) is 30.3 Å². The number of fused-ring (bicyclic) bond motifs is 1. The molecule has 0 fully saturated rings. The Balaban J connectivity index is 1.65. The zero-order valence-corrected chi connectivity index (χ0v) is 14.7. The molecule has 1 N–H and O–H groups in total. The molecule has 1 aliphatic rings. The molecule has 26 heavy (non-hydrogen) atoms. The summed E-state index contributed by atoms with van der Waals surface area (Å²) in [5, 5.41) is 0.412. The van der Waals surface area contributed by atoms with E-state index < -0.39 is 0 Å². The number of hydrogen-bond acceptors (Lipinski definition) is 3. The topological polar surface area (TPSA) is 66.1 Å². The molecule has 1 amide bonds. The van der Waals surface area contributed by atoms with Crippen molar-refractivity contribution in [3.8, 4) is 11.4 Å². The van der Waals surface area contributed by atoms with Crippen LogP contribution in [-0.4, -0.2) is 27.3 Å². The molecule has 0 aliphatic carbocycles. The normalized spacial score (nSPS) is 13.3. The number of carbonyl (C=O) groups is 1. The number of carbonyl (C=O) groups excluding carboxylic acids is 1. The molecule has 0 bridgehead atoms. The predicted molar refractivity (Wildman–Crippen MR) is 100 cm³/mol. The number of nitrogens with zero attached hydrogens (tertiary/aromatic N) is 2. The number of aromatic nitrogens is 2. The fourth-order valence-electron chi connectivity index (χ4n) is 3.14. The summed E-state index contributed by atoms with van der Waals surface area (Å²) in [6, 6.07) is 16.5. The Kier molecular flexibility index (Phi) is 4.31. The van der Waals surface area contributed by atoms with Crippen molar-refractivity contribution in [3.63, 3.8) is 0 Å². The van der Waals surface area contributed by atoms with E-state index in [0.29, 0.717) is 34.9 Å². The molecule has 2 heterocycles. The molecule has 0 spiro atoms. The Morgan fingerprint density at radius 1 is 1.08 bits per heavy atom.